The third-order valence-electron chi connectivity index (χ3n) is 7.22. The predicted molar refractivity (Wildman–Crippen MR) is 173 cm³/mol. The number of amides is 1. The highest BCUT2D eigenvalue weighted by Crippen LogP contribution is 2.44. The van der Waals surface area contributed by atoms with Gasteiger partial charge in [-0.15, -0.1) is 10.2 Å². The highest BCUT2D eigenvalue weighted by Gasteiger charge is 2.48. The summed E-state index contributed by atoms with van der Waals surface area (Å²) in [7, 11) is 0. The number of aliphatic hydroxyl groups excluding tert-OH is 1. The summed E-state index contributed by atoms with van der Waals surface area (Å²) in [4.78, 5) is 28.5. The minimum absolute atomic E-state index is 0.0137. The van der Waals surface area contributed by atoms with Crippen LogP contribution in [0, 0.1) is 6.92 Å². The van der Waals surface area contributed by atoms with Crippen LogP contribution in [0.5, 0.6) is 5.75 Å². The largest absolute Gasteiger partial charge is 0.507 e. The third kappa shape index (κ3) is 6.68. The number of hydrogen-bond acceptors (Lipinski definition) is 8. The fourth-order valence-corrected chi connectivity index (χ4v) is 6.61. The molecule has 1 fully saturated rings. The average molecular weight is 614 g/mol. The summed E-state index contributed by atoms with van der Waals surface area (Å²) in [6.07, 6.45) is 0.872. The summed E-state index contributed by atoms with van der Waals surface area (Å²) >= 11 is 2.78. The Labute approximate surface area is 260 Å². The molecular formula is C34H35N3O4S2. The van der Waals surface area contributed by atoms with Crippen molar-refractivity contribution in [1.82, 2.24) is 10.2 Å². The second kappa shape index (κ2) is 12.7. The number of aryl methyl sites for hydroxylation is 1. The number of ether oxygens (including phenoxy) is 1. The molecule has 1 aliphatic heterocycles. The predicted octanol–water partition coefficient (Wildman–Crippen LogP) is 7.85. The first-order chi connectivity index (χ1) is 20.6. The number of carbonyl (C=O) groups excluding carboxylic acids is 2. The van der Waals surface area contributed by atoms with Crippen molar-refractivity contribution in [3.8, 4) is 5.75 Å². The number of benzene rings is 3. The molecule has 0 bridgehead atoms. The van der Waals surface area contributed by atoms with E-state index in [0.29, 0.717) is 38.7 Å². The molecule has 0 spiro atoms. The summed E-state index contributed by atoms with van der Waals surface area (Å²) < 4.78 is 6.35. The van der Waals surface area contributed by atoms with Crippen molar-refractivity contribution in [1.29, 1.82) is 0 Å². The second-order valence-electron chi connectivity index (χ2n) is 11.5. The Morgan fingerprint density at radius 3 is 2.28 bits per heavy atom. The summed E-state index contributed by atoms with van der Waals surface area (Å²) in [6, 6.07) is 22.1. The Kier molecular flexibility index (Phi) is 9.03. The maximum absolute atomic E-state index is 13.6. The number of Topliss-reactive ketones (excluding diaryl/α,β-unsaturated/α-hetero) is 1. The Balaban J connectivity index is 1.52. The average Bonchev–Trinajstić information content (AvgIpc) is 3.57. The van der Waals surface area contributed by atoms with Crippen LogP contribution in [0.2, 0.25) is 0 Å². The smallest absolute Gasteiger partial charge is 0.301 e. The zero-order valence-electron chi connectivity index (χ0n) is 25.0. The van der Waals surface area contributed by atoms with Crippen molar-refractivity contribution in [2.75, 3.05) is 11.5 Å². The molecule has 1 atom stereocenters. The van der Waals surface area contributed by atoms with E-state index in [-0.39, 0.29) is 16.7 Å². The molecule has 1 saturated heterocycles. The molecule has 5 rings (SSSR count). The van der Waals surface area contributed by atoms with E-state index in [0.717, 1.165) is 17.5 Å². The van der Waals surface area contributed by atoms with Gasteiger partial charge in [-0.1, -0.05) is 105 Å². The quantitative estimate of drug-likeness (QED) is 0.0676. The number of thioether (sulfide) groups is 1. The van der Waals surface area contributed by atoms with Crippen molar-refractivity contribution in [3.63, 3.8) is 0 Å². The Morgan fingerprint density at radius 1 is 0.977 bits per heavy atom. The number of rotatable bonds is 9. The molecule has 1 aromatic heterocycles. The standard InChI is InChI=1S/C34H35N3O4S2/c1-6-19-41-26-17-13-24(14-18-26)29(38)27-28(23-11-15-25(16-12-23)34(3,4)5)37(31(40)30(27)39)32-35-36-33(43-32)42-20-22-9-7-21(2)8-10-22/h7-18,28,38H,6,19-20H2,1-5H3/b29-27-. The molecule has 3 aromatic carbocycles. The van der Waals surface area contributed by atoms with Crippen LogP contribution >= 0.6 is 23.1 Å². The lowest BCUT2D eigenvalue weighted by Crippen LogP contribution is -2.29. The van der Waals surface area contributed by atoms with Gasteiger partial charge in [0.2, 0.25) is 5.13 Å². The van der Waals surface area contributed by atoms with Gasteiger partial charge in [0.15, 0.2) is 4.34 Å². The summed E-state index contributed by atoms with van der Waals surface area (Å²) in [5.41, 5.74) is 4.51. The van der Waals surface area contributed by atoms with Gasteiger partial charge in [-0.25, -0.2) is 0 Å². The van der Waals surface area contributed by atoms with Crippen molar-refractivity contribution in [2.45, 2.75) is 62.6 Å². The fraction of sp³-hybridized carbons (Fsp3) is 0.294. The van der Waals surface area contributed by atoms with Gasteiger partial charge in [-0.3, -0.25) is 14.5 Å². The lowest BCUT2D eigenvalue weighted by atomic mass is 9.85. The Morgan fingerprint density at radius 2 is 1.65 bits per heavy atom. The first-order valence-corrected chi connectivity index (χ1v) is 16.0. The molecule has 0 saturated carbocycles. The summed E-state index contributed by atoms with van der Waals surface area (Å²) in [5, 5.41) is 20.5. The number of nitrogens with zero attached hydrogens (tertiary/aromatic N) is 3. The lowest BCUT2D eigenvalue weighted by Gasteiger charge is -2.24. The van der Waals surface area contributed by atoms with Crippen LogP contribution in [0.25, 0.3) is 5.76 Å². The maximum Gasteiger partial charge on any atom is 0.301 e. The van der Waals surface area contributed by atoms with Gasteiger partial charge in [0.25, 0.3) is 5.78 Å². The topological polar surface area (TPSA) is 92.6 Å². The zero-order chi connectivity index (χ0) is 30.7. The maximum atomic E-state index is 13.6. The number of aliphatic hydroxyl groups is 1. The SMILES string of the molecule is CCCOc1ccc(/C(O)=C2/C(=O)C(=O)N(c3nnc(SCc4ccc(C)cc4)s3)C2c2ccc(C(C)(C)C)cc2)cc1. The highest BCUT2D eigenvalue weighted by molar-refractivity contribution is 8.00. The van der Waals surface area contributed by atoms with E-state index < -0.39 is 17.7 Å². The van der Waals surface area contributed by atoms with Crippen LogP contribution in [0.4, 0.5) is 5.13 Å². The fourth-order valence-electron chi connectivity index (χ4n) is 4.78. The molecule has 4 aromatic rings. The van der Waals surface area contributed by atoms with Crippen molar-refractivity contribution < 1.29 is 19.4 Å². The Bertz CT molecular complexity index is 1640. The van der Waals surface area contributed by atoms with E-state index in [2.05, 4.69) is 55.2 Å². The van der Waals surface area contributed by atoms with E-state index in [1.807, 2.05) is 38.1 Å². The van der Waals surface area contributed by atoms with Crippen LogP contribution in [-0.4, -0.2) is 33.6 Å². The third-order valence-corrected chi connectivity index (χ3v) is 9.35. The summed E-state index contributed by atoms with van der Waals surface area (Å²) in [6.45, 7) is 11.0. The van der Waals surface area contributed by atoms with E-state index in [1.54, 1.807) is 24.3 Å². The molecule has 2 heterocycles. The van der Waals surface area contributed by atoms with E-state index >= 15 is 0 Å². The van der Waals surface area contributed by atoms with E-state index in [1.165, 1.54) is 33.6 Å². The van der Waals surface area contributed by atoms with Crippen LogP contribution < -0.4 is 9.64 Å². The van der Waals surface area contributed by atoms with Crippen LogP contribution in [0.3, 0.4) is 0 Å². The van der Waals surface area contributed by atoms with Crippen LogP contribution in [0.1, 0.15) is 68.0 Å². The number of carbonyl (C=O) groups is 2. The van der Waals surface area contributed by atoms with Crippen molar-refractivity contribution in [3.05, 3.63) is 106 Å². The molecular weight excluding hydrogens is 579 g/mol. The van der Waals surface area contributed by atoms with Gasteiger partial charge in [-0.05, 0) is 59.7 Å². The van der Waals surface area contributed by atoms with Gasteiger partial charge >= 0.3 is 5.91 Å². The molecule has 43 heavy (non-hydrogen) atoms. The molecule has 222 valence electrons. The molecule has 9 heteroatoms. The second-order valence-corrected chi connectivity index (χ2v) is 13.7. The van der Waals surface area contributed by atoms with Crippen LogP contribution in [-0.2, 0) is 20.8 Å². The minimum Gasteiger partial charge on any atom is -0.507 e. The van der Waals surface area contributed by atoms with E-state index in [4.69, 9.17) is 4.74 Å². The monoisotopic (exact) mass is 613 g/mol. The first-order valence-electron chi connectivity index (χ1n) is 14.2. The normalized spacial score (nSPS) is 16.6. The summed E-state index contributed by atoms with van der Waals surface area (Å²) in [5.74, 6) is -0.397. The molecule has 1 N–H and O–H groups in total. The van der Waals surface area contributed by atoms with Crippen molar-refractivity contribution in [2.24, 2.45) is 0 Å². The van der Waals surface area contributed by atoms with Gasteiger partial charge in [0, 0.05) is 11.3 Å². The molecule has 1 amide bonds. The minimum atomic E-state index is -0.868. The molecule has 7 nitrogen and oxygen atoms in total. The lowest BCUT2D eigenvalue weighted by molar-refractivity contribution is -0.132. The molecule has 0 aliphatic carbocycles. The van der Waals surface area contributed by atoms with Crippen LogP contribution in [0.15, 0.2) is 82.7 Å². The van der Waals surface area contributed by atoms with Gasteiger partial charge in [0.05, 0.1) is 18.2 Å². The first kappa shape index (κ1) is 30.5. The molecule has 1 unspecified atom stereocenters. The number of ketones is 1. The van der Waals surface area contributed by atoms with Crippen molar-refractivity contribution >= 4 is 45.7 Å². The number of aromatic nitrogens is 2. The van der Waals surface area contributed by atoms with Gasteiger partial charge in [-0.2, -0.15) is 0 Å². The molecule has 1 aliphatic rings. The highest BCUT2D eigenvalue weighted by atomic mass is 32.2. The zero-order valence-corrected chi connectivity index (χ0v) is 26.6. The van der Waals surface area contributed by atoms with E-state index in [9.17, 15) is 14.7 Å². The number of hydrogen-bond donors (Lipinski definition) is 1. The molecule has 0 radical (unpaired) electrons. The number of anilines is 1. The van der Waals surface area contributed by atoms with Gasteiger partial charge < -0.3 is 9.84 Å². The Hall–Kier alpha value is -3.95. The van der Waals surface area contributed by atoms with Gasteiger partial charge in [0.1, 0.15) is 11.5 Å².